The van der Waals surface area contributed by atoms with E-state index in [0.29, 0.717) is 24.2 Å². The number of nitro groups is 1. The molecule has 3 aromatic carbocycles. The van der Waals surface area contributed by atoms with Crippen LogP contribution in [-0.4, -0.2) is 42.2 Å². The van der Waals surface area contributed by atoms with Crippen LogP contribution in [0.4, 0.5) is 11.4 Å². The third-order valence-corrected chi connectivity index (χ3v) is 7.67. The summed E-state index contributed by atoms with van der Waals surface area (Å²) in [4.78, 5) is 23.7. The van der Waals surface area contributed by atoms with Crippen molar-refractivity contribution < 1.29 is 18.1 Å². The van der Waals surface area contributed by atoms with Crippen LogP contribution in [0.5, 0.6) is 0 Å². The number of rotatable bonds is 5. The Morgan fingerprint density at radius 2 is 1.69 bits per heavy atom. The number of anilines is 1. The lowest BCUT2D eigenvalue weighted by atomic mass is 10.1. The SMILES string of the molecule is O=C1/C(=N/Nc2ccc(S(=O)(=O)N3CCCC3)cc2[N+](=O)[O-])c2cccc3cccc1c23. The van der Waals surface area contributed by atoms with Crippen LogP contribution in [0.3, 0.4) is 0 Å². The van der Waals surface area contributed by atoms with Gasteiger partial charge in [0.1, 0.15) is 11.4 Å². The number of nitro benzene ring substituents is 1. The lowest BCUT2D eigenvalue weighted by molar-refractivity contribution is -0.384. The Kier molecular flexibility index (Phi) is 4.75. The molecule has 0 aromatic heterocycles. The molecule has 0 radical (unpaired) electrons. The van der Waals surface area contributed by atoms with Gasteiger partial charge in [-0.25, -0.2) is 8.42 Å². The highest BCUT2D eigenvalue weighted by molar-refractivity contribution is 7.89. The van der Waals surface area contributed by atoms with Crippen LogP contribution in [0, 0.1) is 10.1 Å². The van der Waals surface area contributed by atoms with E-state index in [2.05, 4.69) is 10.5 Å². The van der Waals surface area contributed by atoms with E-state index in [1.54, 1.807) is 18.2 Å². The smallest absolute Gasteiger partial charge is 0.287 e. The van der Waals surface area contributed by atoms with E-state index in [4.69, 9.17) is 0 Å². The zero-order valence-corrected chi connectivity index (χ0v) is 17.6. The Morgan fingerprint density at radius 1 is 1.00 bits per heavy atom. The second-order valence-corrected chi connectivity index (χ2v) is 9.60. The van der Waals surface area contributed by atoms with Crippen molar-refractivity contribution in [3.8, 4) is 0 Å². The zero-order chi connectivity index (χ0) is 22.5. The van der Waals surface area contributed by atoms with Gasteiger partial charge in [-0.1, -0.05) is 36.4 Å². The molecule has 2 aliphatic rings. The van der Waals surface area contributed by atoms with Gasteiger partial charge >= 0.3 is 0 Å². The van der Waals surface area contributed by atoms with E-state index in [1.807, 2.05) is 18.2 Å². The number of carbonyl (C=O) groups is 1. The summed E-state index contributed by atoms with van der Waals surface area (Å²) in [5.41, 5.74) is 3.50. The quantitative estimate of drug-likeness (QED) is 0.469. The minimum atomic E-state index is -3.80. The molecule has 0 atom stereocenters. The maximum atomic E-state index is 12.9. The Balaban J connectivity index is 1.51. The first-order chi connectivity index (χ1) is 15.4. The number of hydrogen-bond donors (Lipinski definition) is 1. The number of hydrogen-bond acceptors (Lipinski definition) is 7. The summed E-state index contributed by atoms with van der Waals surface area (Å²) in [6.07, 6.45) is 1.53. The molecule has 1 N–H and O–H groups in total. The van der Waals surface area contributed by atoms with Gasteiger partial charge in [0.05, 0.1) is 9.82 Å². The third-order valence-electron chi connectivity index (χ3n) is 5.78. The summed E-state index contributed by atoms with van der Waals surface area (Å²) < 4.78 is 26.9. The van der Waals surface area contributed by atoms with Gasteiger partial charge in [0, 0.05) is 35.7 Å². The van der Waals surface area contributed by atoms with Crippen molar-refractivity contribution in [1.29, 1.82) is 0 Å². The van der Waals surface area contributed by atoms with E-state index in [9.17, 15) is 23.3 Å². The molecule has 1 aliphatic carbocycles. The highest BCUT2D eigenvalue weighted by Gasteiger charge is 2.31. The van der Waals surface area contributed by atoms with E-state index >= 15 is 0 Å². The Labute approximate surface area is 183 Å². The monoisotopic (exact) mass is 450 g/mol. The normalized spacial score (nSPS) is 17.4. The topological polar surface area (TPSA) is 122 Å². The minimum Gasteiger partial charge on any atom is -0.287 e. The molecule has 1 fully saturated rings. The minimum absolute atomic E-state index is 0.00111. The number of benzene rings is 3. The Bertz CT molecular complexity index is 1420. The molecule has 3 aromatic rings. The van der Waals surface area contributed by atoms with Crippen molar-refractivity contribution in [2.75, 3.05) is 18.5 Å². The molecule has 10 heteroatoms. The number of nitrogens with zero attached hydrogens (tertiary/aromatic N) is 3. The number of ketones is 1. The summed E-state index contributed by atoms with van der Waals surface area (Å²) in [7, 11) is -3.80. The van der Waals surface area contributed by atoms with Crippen LogP contribution in [-0.2, 0) is 10.0 Å². The average Bonchev–Trinajstić information content (AvgIpc) is 3.42. The maximum Gasteiger partial charge on any atom is 0.295 e. The lowest BCUT2D eigenvalue weighted by Gasteiger charge is -2.15. The molecule has 1 saturated heterocycles. The van der Waals surface area contributed by atoms with E-state index in [0.717, 1.165) is 29.7 Å². The molecular weight excluding hydrogens is 432 g/mol. The van der Waals surface area contributed by atoms with E-state index < -0.39 is 20.6 Å². The van der Waals surface area contributed by atoms with Crippen molar-refractivity contribution in [2.24, 2.45) is 5.10 Å². The molecule has 0 bridgehead atoms. The molecule has 0 amide bonds. The third kappa shape index (κ3) is 3.15. The number of sulfonamides is 1. The fraction of sp³-hybridized carbons (Fsp3) is 0.182. The number of carbonyl (C=O) groups excluding carboxylic acids is 1. The Morgan fingerprint density at radius 3 is 2.38 bits per heavy atom. The Hall–Kier alpha value is -3.63. The molecule has 1 aliphatic heterocycles. The standard InChI is InChI=1S/C22H18N4O5S/c27-22-17-8-4-6-14-5-3-7-16(20(14)17)21(22)24-23-18-10-9-15(13-19(18)26(28)29)32(30,31)25-11-1-2-12-25/h3-10,13,23H,1-2,11-12H2/b24-21+. The molecule has 1 heterocycles. The van der Waals surface area contributed by atoms with Crippen molar-refractivity contribution in [2.45, 2.75) is 17.7 Å². The van der Waals surface area contributed by atoms with Gasteiger partial charge in [0.2, 0.25) is 15.8 Å². The second kappa shape index (κ2) is 7.50. The summed E-state index contributed by atoms with van der Waals surface area (Å²) in [5, 5.41) is 17.5. The van der Waals surface area contributed by atoms with Gasteiger partial charge in [-0.05, 0) is 30.4 Å². The first-order valence-corrected chi connectivity index (χ1v) is 11.5. The first-order valence-electron chi connectivity index (χ1n) is 10.1. The van der Waals surface area contributed by atoms with Crippen molar-refractivity contribution >= 4 is 43.7 Å². The summed E-state index contributed by atoms with van der Waals surface area (Å²) in [6, 6.07) is 14.5. The summed E-state index contributed by atoms with van der Waals surface area (Å²) in [5.74, 6) is -0.278. The van der Waals surface area contributed by atoms with Crippen LogP contribution >= 0.6 is 0 Å². The predicted molar refractivity (Wildman–Crippen MR) is 120 cm³/mol. The number of Topliss-reactive ketones (excluding diaryl/α,β-unsaturated/α-hetero) is 1. The number of nitrogens with one attached hydrogen (secondary N) is 1. The molecule has 0 spiro atoms. The van der Waals surface area contributed by atoms with Crippen LogP contribution < -0.4 is 5.43 Å². The fourth-order valence-electron chi connectivity index (χ4n) is 4.20. The maximum absolute atomic E-state index is 12.9. The van der Waals surface area contributed by atoms with Gasteiger partial charge in [0.25, 0.3) is 5.69 Å². The molecule has 9 nitrogen and oxygen atoms in total. The molecule has 162 valence electrons. The van der Waals surface area contributed by atoms with Crippen LogP contribution in [0.1, 0.15) is 28.8 Å². The van der Waals surface area contributed by atoms with Crippen molar-refractivity contribution in [3.05, 3.63) is 75.8 Å². The zero-order valence-electron chi connectivity index (χ0n) is 16.8. The van der Waals surface area contributed by atoms with E-state index in [-0.39, 0.29) is 22.1 Å². The molecule has 0 saturated carbocycles. The first kappa shape index (κ1) is 20.3. The molecule has 5 rings (SSSR count). The fourth-order valence-corrected chi connectivity index (χ4v) is 5.74. The summed E-state index contributed by atoms with van der Waals surface area (Å²) in [6.45, 7) is 0.802. The molecule has 32 heavy (non-hydrogen) atoms. The molecule has 0 unspecified atom stereocenters. The number of hydrazone groups is 1. The van der Waals surface area contributed by atoms with Gasteiger partial charge in [-0.15, -0.1) is 0 Å². The van der Waals surface area contributed by atoms with Gasteiger partial charge in [-0.3, -0.25) is 20.3 Å². The molecular formula is C22H18N4O5S. The average molecular weight is 450 g/mol. The van der Waals surface area contributed by atoms with Gasteiger partial charge in [-0.2, -0.15) is 9.41 Å². The summed E-state index contributed by atoms with van der Waals surface area (Å²) >= 11 is 0. The highest BCUT2D eigenvalue weighted by Crippen LogP contribution is 2.33. The van der Waals surface area contributed by atoms with E-state index in [1.165, 1.54) is 16.4 Å². The highest BCUT2D eigenvalue weighted by atomic mass is 32.2. The van der Waals surface area contributed by atoms with Gasteiger partial charge in [0.15, 0.2) is 0 Å². The van der Waals surface area contributed by atoms with Crippen LogP contribution in [0.25, 0.3) is 10.8 Å². The lowest BCUT2D eigenvalue weighted by Crippen LogP contribution is -2.27. The van der Waals surface area contributed by atoms with Crippen LogP contribution in [0.15, 0.2) is 64.6 Å². The van der Waals surface area contributed by atoms with Gasteiger partial charge < -0.3 is 0 Å². The van der Waals surface area contributed by atoms with Crippen LogP contribution in [0.2, 0.25) is 0 Å². The van der Waals surface area contributed by atoms with Crippen molar-refractivity contribution in [3.63, 3.8) is 0 Å². The van der Waals surface area contributed by atoms with Crippen molar-refractivity contribution in [1.82, 2.24) is 4.31 Å². The second-order valence-electron chi connectivity index (χ2n) is 7.66. The largest absolute Gasteiger partial charge is 0.295 e. The predicted octanol–water partition coefficient (Wildman–Crippen LogP) is 3.55.